The zero-order chi connectivity index (χ0) is 14.5. The van der Waals surface area contributed by atoms with Crippen LogP contribution < -0.4 is 0 Å². The zero-order valence-electron chi connectivity index (χ0n) is 11.7. The molecule has 0 bridgehead atoms. The summed E-state index contributed by atoms with van der Waals surface area (Å²) >= 11 is 7.17. The maximum Gasteiger partial charge on any atom is 0.0900 e. The fourth-order valence-corrected chi connectivity index (χ4v) is 3.11. The van der Waals surface area contributed by atoms with Gasteiger partial charge in [0.15, 0.2) is 0 Å². The highest BCUT2D eigenvalue weighted by Gasteiger charge is 2.13. The monoisotopic (exact) mass is 400 g/mol. The van der Waals surface area contributed by atoms with Crippen molar-refractivity contribution in [3.05, 3.63) is 50.2 Å². The molecule has 2 aromatic rings. The van der Waals surface area contributed by atoms with E-state index in [1.807, 2.05) is 22.9 Å². The first-order valence-electron chi connectivity index (χ1n) is 6.72. The Hall–Kier alpha value is -0.650. The van der Waals surface area contributed by atoms with Crippen molar-refractivity contribution in [2.24, 2.45) is 0 Å². The molecule has 0 amide bonds. The molecular weight excluding hydrogens is 384 g/mol. The second kappa shape index (κ2) is 7.38. The van der Waals surface area contributed by atoms with Crippen LogP contribution in [-0.4, -0.2) is 9.78 Å². The standard InChI is InChI=1S/C15H18Br2N2O/c1-3-13-15(17)14(19(4-2)18-13)10-20-9-11-7-5-6-8-12(11)16/h5-8H,3-4,9-10H2,1-2H3. The Morgan fingerprint density at radius 2 is 1.90 bits per heavy atom. The summed E-state index contributed by atoms with van der Waals surface area (Å²) in [7, 11) is 0. The molecule has 0 aliphatic rings. The predicted molar refractivity (Wildman–Crippen MR) is 87.6 cm³/mol. The molecule has 3 nitrogen and oxygen atoms in total. The third-order valence-corrected chi connectivity index (χ3v) is 4.84. The highest BCUT2D eigenvalue weighted by molar-refractivity contribution is 9.10. The molecule has 1 aromatic carbocycles. The highest BCUT2D eigenvalue weighted by Crippen LogP contribution is 2.24. The predicted octanol–water partition coefficient (Wildman–Crippen LogP) is 4.71. The highest BCUT2D eigenvalue weighted by atomic mass is 79.9. The van der Waals surface area contributed by atoms with Crippen LogP contribution >= 0.6 is 31.9 Å². The number of benzene rings is 1. The number of rotatable bonds is 6. The fourth-order valence-electron chi connectivity index (χ4n) is 2.03. The van der Waals surface area contributed by atoms with Gasteiger partial charge in [-0.2, -0.15) is 5.10 Å². The maximum absolute atomic E-state index is 5.85. The van der Waals surface area contributed by atoms with Crippen LogP contribution in [0.3, 0.4) is 0 Å². The zero-order valence-corrected chi connectivity index (χ0v) is 14.9. The normalized spacial score (nSPS) is 11.0. The van der Waals surface area contributed by atoms with Gasteiger partial charge < -0.3 is 4.74 Å². The van der Waals surface area contributed by atoms with E-state index in [4.69, 9.17) is 4.74 Å². The van der Waals surface area contributed by atoms with Gasteiger partial charge >= 0.3 is 0 Å². The Balaban J connectivity index is 2.04. The van der Waals surface area contributed by atoms with E-state index in [1.165, 1.54) is 0 Å². The van der Waals surface area contributed by atoms with Gasteiger partial charge in [-0.05, 0) is 40.9 Å². The van der Waals surface area contributed by atoms with Gasteiger partial charge in [-0.15, -0.1) is 0 Å². The van der Waals surface area contributed by atoms with E-state index in [2.05, 4.69) is 56.9 Å². The molecular formula is C15H18Br2N2O. The van der Waals surface area contributed by atoms with E-state index in [0.29, 0.717) is 13.2 Å². The number of ether oxygens (including phenoxy) is 1. The van der Waals surface area contributed by atoms with E-state index in [0.717, 1.165) is 38.9 Å². The van der Waals surface area contributed by atoms with Gasteiger partial charge in [0.25, 0.3) is 0 Å². The second-order valence-electron chi connectivity index (χ2n) is 4.46. The largest absolute Gasteiger partial charge is 0.370 e. The number of aromatic nitrogens is 2. The Morgan fingerprint density at radius 3 is 2.55 bits per heavy atom. The first-order valence-corrected chi connectivity index (χ1v) is 8.31. The van der Waals surface area contributed by atoms with Crippen LogP contribution in [0.4, 0.5) is 0 Å². The number of nitrogens with zero attached hydrogens (tertiary/aromatic N) is 2. The topological polar surface area (TPSA) is 27.1 Å². The summed E-state index contributed by atoms with van der Waals surface area (Å²) in [5.41, 5.74) is 3.35. The van der Waals surface area contributed by atoms with Crippen molar-refractivity contribution in [2.45, 2.75) is 40.0 Å². The molecule has 0 spiro atoms. The van der Waals surface area contributed by atoms with Crippen molar-refractivity contribution < 1.29 is 4.74 Å². The average molecular weight is 402 g/mol. The summed E-state index contributed by atoms with van der Waals surface area (Å²) in [6, 6.07) is 8.11. The minimum atomic E-state index is 0.558. The van der Waals surface area contributed by atoms with Crippen molar-refractivity contribution in [3.63, 3.8) is 0 Å². The van der Waals surface area contributed by atoms with Gasteiger partial charge in [0.2, 0.25) is 0 Å². The quantitative estimate of drug-likeness (QED) is 0.700. The Morgan fingerprint density at radius 1 is 1.15 bits per heavy atom. The summed E-state index contributed by atoms with van der Waals surface area (Å²) in [6.07, 6.45) is 0.921. The summed E-state index contributed by atoms with van der Waals surface area (Å²) in [6.45, 7) is 6.20. The van der Waals surface area contributed by atoms with Crippen LogP contribution in [0.1, 0.15) is 30.8 Å². The minimum Gasteiger partial charge on any atom is -0.370 e. The minimum absolute atomic E-state index is 0.558. The molecule has 0 saturated heterocycles. The SMILES string of the molecule is CCc1nn(CC)c(COCc2ccccc2Br)c1Br. The van der Waals surface area contributed by atoms with E-state index in [9.17, 15) is 0 Å². The smallest absolute Gasteiger partial charge is 0.0900 e. The number of halogens is 2. The number of aryl methyl sites for hydroxylation is 2. The van der Waals surface area contributed by atoms with Crippen LogP contribution in [0.2, 0.25) is 0 Å². The summed E-state index contributed by atoms with van der Waals surface area (Å²) < 4.78 is 10.0. The third-order valence-electron chi connectivity index (χ3n) is 3.15. The van der Waals surface area contributed by atoms with Crippen molar-refractivity contribution >= 4 is 31.9 Å². The summed E-state index contributed by atoms with van der Waals surface area (Å²) in [5, 5.41) is 4.57. The molecule has 2 rings (SSSR count). The van der Waals surface area contributed by atoms with Crippen LogP contribution in [0.15, 0.2) is 33.2 Å². The molecule has 0 atom stereocenters. The molecule has 0 unspecified atom stereocenters. The lowest BCUT2D eigenvalue weighted by atomic mass is 10.2. The lowest BCUT2D eigenvalue weighted by molar-refractivity contribution is 0.100. The van der Waals surface area contributed by atoms with Crippen molar-refractivity contribution in [1.29, 1.82) is 0 Å². The molecule has 20 heavy (non-hydrogen) atoms. The van der Waals surface area contributed by atoms with Gasteiger partial charge in [0.1, 0.15) is 0 Å². The molecule has 0 saturated carbocycles. The van der Waals surface area contributed by atoms with Crippen molar-refractivity contribution in [3.8, 4) is 0 Å². The van der Waals surface area contributed by atoms with Gasteiger partial charge in [-0.25, -0.2) is 0 Å². The van der Waals surface area contributed by atoms with E-state index in [-0.39, 0.29) is 0 Å². The molecule has 0 fully saturated rings. The maximum atomic E-state index is 5.85. The van der Waals surface area contributed by atoms with Gasteiger partial charge in [-0.3, -0.25) is 4.68 Å². The average Bonchev–Trinajstić information content (AvgIpc) is 2.77. The van der Waals surface area contributed by atoms with Crippen LogP contribution in [-0.2, 0) is 30.9 Å². The van der Waals surface area contributed by atoms with Gasteiger partial charge in [-0.1, -0.05) is 41.1 Å². The Labute approximate surface area is 136 Å². The lowest BCUT2D eigenvalue weighted by Gasteiger charge is -2.08. The molecule has 1 aromatic heterocycles. The van der Waals surface area contributed by atoms with Crippen LogP contribution in [0, 0.1) is 0 Å². The molecule has 0 N–H and O–H groups in total. The first-order chi connectivity index (χ1) is 9.67. The fraction of sp³-hybridized carbons (Fsp3) is 0.400. The Bertz CT molecular complexity index is 581. The van der Waals surface area contributed by atoms with E-state index < -0.39 is 0 Å². The van der Waals surface area contributed by atoms with Crippen molar-refractivity contribution in [1.82, 2.24) is 9.78 Å². The van der Waals surface area contributed by atoms with Gasteiger partial charge in [0, 0.05) is 11.0 Å². The molecule has 108 valence electrons. The molecule has 0 aliphatic heterocycles. The molecule has 5 heteroatoms. The van der Waals surface area contributed by atoms with E-state index in [1.54, 1.807) is 0 Å². The summed E-state index contributed by atoms with van der Waals surface area (Å²) in [4.78, 5) is 0. The first kappa shape index (κ1) is 15.7. The second-order valence-corrected chi connectivity index (χ2v) is 6.11. The van der Waals surface area contributed by atoms with Gasteiger partial charge in [0.05, 0.1) is 29.1 Å². The third kappa shape index (κ3) is 3.51. The summed E-state index contributed by atoms with van der Waals surface area (Å²) in [5.74, 6) is 0. The van der Waals surface area contributed by atoms with Crippen LogP contribution in [0.25, 0.3) is 0 Å². The van der Waals surface area contributed by atoms with Crippen LogP contribution in [0.5, 0.6) is 0 Å². The Kier molecular flexibility index (Phi) is 5.81. The van der Waals surface area contributed by atoms with Crippen molar-refractivity contribution in [2.75, 3.05) is 0 Å². The number of hydrogen-bond acceptors (Lipinski definition) is 2. The van der Waals surface area contributed by atoms with E-state index >= 15 is 0 Å². The molecule has 0 aliphatic carbocycles. The molecule has 1 heterocycles. The number of hydrogen-bond donors (Lipinski definition) is 0. The lowest BCUT2D eigenvalue weighted by Crippen LogP contribution is -2.05. The molecule has 0 radical (unpaired) electrons.